The van der Waals surface area contributed by atoms with E-state index in [-0.39, 0.29) is 17.4 Å². The molecule has 1 aliphatic rings. The van der Waals surface area contributed by atoms with Gasteiger partial charge in [-0.25, -0.2) is 0 Å². The molecular formula is C6H10ClNO2. The Bertz CT molecular complexity index is 140. The minimum Gasteiger partial charge on any atom is -0.370 e. The maximum atomic E-state index is 10.4. The summed E-state index contributed by atoms with van der Waals surface area (Å²) in [5.41, 5.74) is 4.67. The van der Waals surface area contributed by atoms with Crippen molar-refractivity contribution < 1.29 is 9.53 Å². The van der Waals surface area contributed by atoms with Gasteiger partial charge in [0.1, 0.15) is 5.56 Å². The Morgan fingerprint density at radius 3 is 2.90 bits per heavy atom. The summed E-state index contributed by atoms with van der Waals surface area (Å²) in [6, 6.07) is 0. The van der Waals surface area contributed by atoms with Crippen molar-refractivity contribution in [2.45, 2.75) is 18.4 Å². The Morgan fingerprint density at radius 2 is 2.50 bits per heavy atom. The van der Waals surface area contributed by atoms with E-state index in [0.29, 0.717) is 13.0 Å². The highest BCUT2D eigenvalue weighted by atomic mass is 35.5. The molecule has 1 amide bonds. The lowest BCUT2D eigenvalue weighted by molar-refractivity contribution is -0.119. The first kappa shape index (κ1) is 7.82. The van der Waals surface area contributed by atoms with E-state index in [4.69, 9.17) is 22.1 Å². The van der Waals surface area contributed by atoms with Gasteiger partial charge in [-0.2, -0.15) is 0 Å². The molecule has 0 spiro atoms. The number of carbonyl (C=O) groups is 1. The lowest BCUT2D eigenvalue weighted by atomic mass is 10.1. The van der Waals surface area contributed by atoms with Crippen LogP contribution in [0.25, 0.3) is 0 Å². The summed E-state index contributed by atoms with van der Waals surface area (Å²) in [6.45, 7) is 0.645. The predicted octanol–water partition coefficient (Wildman–Crippen LogP) is 0.463. The van der Waals surface area contributed by atoms with Crippen LogP contribution in [0.3, 0.4) is 0 Å². The van der Waals surface area contributed by atoms with Crippen LogP contribution in [0.1, 0.15) is 12.8 Å². The number of hydrogen-bond donors (Lipinski definition) is 1. The Morgan fingerprint density at radius 1 is 1.80 bits per heavy atom. The second-order valence-corrected chi connectivity index (χ2v) is 2.87. The lowest BCUT2D eigenvalue weighted by Gasteiger charge is -2.08. The predicted molar refractivity (Wildman–Crippen MR) is 37.5 cm³/mol. The van der Waals surface area contributed by atoms with E-state index in [0.717, 1.165) is 6.42 Å². The molecular weight excluding hydrogens is 154 g/mol. The maximum Gasteiger partial charge on any atom is 0.217 e. The number of primary amides is 1. The monoisotopic (exact) mass is 163 g/mol. The van der Waals surface area contributed by atoms with Crippen molar-refractivity contribution >= 4 is 17.5 Å². The number of alkyl halides is 1. The minimum atomic E-state index is -0.313. The molecule has 1 fully saturated rings. The van der Waals surface area contributed by atoms with Gasteiger partial charge < -0.3 is 10.5 Å². The van der Waals surface area contributed by atoms with Gasteiger partial charge in [0, 0.05) is 18.9 Å². The largest absolute Gasteiger partial charge is 0.370 e. The van der Waals surface area contributed by atoms with E-state index in [1.165, 1.54) is 0 Å². The van der Waals surface area contributed by atoms with E-state index in [2.05, 4.69) is 0 Å². The van der Waals surface area contributed by atoms with E-state index in [1.807, 2.05) is 0 Å². The van der Waals surface area contributed by atoms with E-state index in [9.17, 15) is 4.79 Å². The fourth-order valence-corrected chi connectivity index (χ4v) is 1.36. The first-order chi connectivity index (χ1) is 4.70. The van der Waals surface area contributed by atoms with Crippen molar-refractivity contribution in [3.63, 3.8) is 0 Å². The molecule has 0 radical (unpaired) electrons. The summed E-state index contributed by atoms with van der Waals surface area (Å²) in [4.78, 5) is 10.4. The van der Waals surface area contributed by atoms with Crippen LogP contribution in [0.5, 0.6) is 0 Å². The van der Waals surface area contributed by atoms with Crippen molar-refractivity contribution in [2.24, 2.45) is 11.7 Å². The Hall–Kier alpha value is -0.280. The fraction of sp³-hybridized carbons (Fsp3) is 0.833. The third kappa shape index (κ3) is 1.85. The molecule has 58 valence electrons. The van der Waals surface area contributed by atoms with Gasteiger partial charge in [0.2, 0.25) is 5.91 Å². The minimum absolute atomic E-state index is 0.124. The third-order valence-corrected chi connectivity index (χ3v) is 2.08. The van der Waals surface area contributed by atoms with Crippen molar-refractivity contribution in [2.75, 3.05) is 6.61 Å². The highest BCUT2D eigenvalue weighted by Gasteiger charge is 2.27. The molecule has 3 nitrogen and oxygen atoms in total. The summed E-state index contributed by atoms with van der Waals surface area (Å²) >= 11 is 5.69. The highest BCUT2D eigenvalue weighted by Crippen LogP contribution is 2.26. The van der Waals surface area contributed by atoms with Crippen LogP contribution < -0.4 is 5.73 Å². The molecule has 1 saturated heterocycles. The molecule has 0 bridgehead atoms. The number of halogens is 1. The van der Waals surface area contributed by atoms with Gasteiger partial charge in [0.15, 0.2) is 0 Å². The highest BCUT2D eigenvalue weighted by molar-refractivity contribution is 6.20. The molecule has 0 saturated carbocycles. The van der Waals surface area contributed by atoms with Gasteiger partial charge in [-0.15, -0.1) is 0 Å². The normalized spacial score (nSPS) is 32.5. The maximum absolute atomic E-state index is 10.4. The van der Waals surface area contributed by atoms with Crippen molar-refractivity contribution in [3.8, 4) is 0 Å². The molecule has 2 unspecified atom stereocenters. The van der Waals surface area contributed by atoms with Crippen LogP contribution >= 0.6 is 11.6 Å². The Balaban J connectivity index is 2.33. The molecule has 4 heteroatoms. The molecule has 1 rings (SSSR count). The van der Waals surface area contributed by atoms with Crippen LogP contribution in [0.4, 0.5) is 0 Å². The number of hydrogen-bond acceptors (Lipinski definition) is 2. The van der Waals surface area contributed by atoms with Crippen LogP contribution in [0.2, 0.25) is 0 Å². The summed E-state index contributed by atoms with van der Waals surface area (Å²) < 4.78 is 5.02. The summed E-state index contributed by atoms with van der Waals surface area (Å²) in [5.74, 6) is -0.180. The van der Waals surface area contributed by atoms with Crippen LogP contribution in [-0.4, -0.2) is 18.1 Å². The standard InChI is InChI=1S/C6H10ClNO2/c7-6-4(1-2-10-6)3-5(8)9/h4,6H,1-3H2,(H2,8,9). The number of carbonyl (C=O) groups excluding carboxylic acids is 1. The number of ether oxygens (including phenoxy) is 1. The first-order valence-electron chi connectivity index (χ1n) is 3.24. The molecule has 0 aromatic carbocycles. The SMILES string of the molecule is NC(=O)CC1CCOC1Cl. The summed E-state index contributed by atoms with van der Waals surface area (Å²) in [5, 5.41) is 0. The second kappa shape index (κ2) is 3.21. The lowest BCUT2D eigenvalue weighted by Crippen LogP contribution is -2.19. The van der Waals surface area contributed by atoms with Crippen LogP contribution in [0, 0.1) is 5.92 Å². The number of amides is 1. The molecule has 0 aliphatic carbocycles. The number of rotatable bonds is 2. The average Bonchev–Trinajstić information content (AvgIpc) is 2.15. The quantitative estimate of drug-likeness (QED) is 0.602. The molecule has 0 aromatic heterocycles. The van der Waals surface area contributed by atoms with Crippen LogP contribution in [0.15, 0.2) is 0 Å². The van der Waals surface area contributed by atoms with Crippen molar-refractivity contribution in [1.82, 2.24) is 0 Å². The zero-order chi connectivity index (χ0) is 7.56. The second-order valence-electron chi connectivity index (χ2n) is 2.44. The van der Waals surface area contributed by atoms with Gasteiger partial charge in [0.25, 0.3) is 0 Å². The zero-order valence-corrected chi connectivity index (χ0v) is 6.30. The molecule has 2 atom stereocenters. The van der Waals surface area contributed by atoms with Crippen LogP contribution in [-0.2, 0) is 9.53 Å². The van der Waals surface area contributed by atoms with Gasteiger partial charge >= 0.3 is 0 Å². The van der Waals surface area contributed by atoms with Crippen molar-refractivity contribution in [1.29, 1.82) is 0 Å². The van der Waals surface area contributed by atoms with Gasteiger partial charge in [-0.1, -0.05) is 11.6 Å². The molecule has 2 N–H and O–H groups in total. The topological polar surface area (TPSA) is 52.3 Å². The van der Waals surface area contributed by atoms with Crippen molar-refractivity contribution in [3.05, 3.63) is 0 Å². The van der Waals surface area contributed by atoms with E-state index in [1.54, 1.807) is 0 Å². The van der Waals surface area contributed by atoms with Gasteiger partial charge in [-0.05, 0) is 6.42 Å². The molecule has 10 heavy (non-hydrogen) atoms. The Kier molecular flexibility index (Phi) is 2.51. The van der Waals surface area contributed by atoms with E-state index >= 15 is 0 Å². The Labute approximate surface area is 64.5 Å². The molecule has 1 heterocycles. The molecule has 1 aliphatic heterocycles. The zero-order valence-electron chi connectivity index (χ0n) is 5.55. The van der Waals surface area contributed by atoms with Gasteiger partial charge in [-0.3, -0.25) is 4.79 Å². The average molecular weight is 164 g/mol. The summed E-state index contributed by atoms with van der Waals surface area (Å²) in [6.07, 6.45) is 1.19. The third-order valence-electron chi connectivity index (χ3n) is 1.60. The summed E-state index contributed by atoms with van der Waals surface area (Å²) in [7, 11) is 0. The van der Waals surface area contributed by atoms with Gasteiger partial charge in [0.05, 0.1) is 0 Å². The number of nitrogens with two attached hydrogens (primary N) is 1. The smallest absolute Gasteiger partial charge is 0.217 e. The fourth-order valence-electron chi connectivity index (χ4n) is 1.05. The van der Waals surface area contributed by atoms with E-state index < -0.39 is 0 Å². The first-order valence-corrected chi connectivity index (χ1v) is 3.68. The molecule has 0 aromatic rings.